The average Bonchev–Trinajstić information content (AvgIpc) is 2.38. The molecule has 0 saturated heterocycles. The van der Waals surface area contributed by atoms with Gasteiger partial charge in [-0.25, -0.2) is 0 Å². The first-order chi connectivity index (χ1) is 8.65. The lowest BCUT2D eigenvalue weighted by Crippen LogP contribution is -2.28. The number of methoxy groups -OCH3 is 1. The summed E-state index contributed by atoms with van der Waals surface area (Å²) in [5.41, 5.74) is 1.56. The minimum absolute atomic E-state index is 0.00282. The fourth-order valence-electron chi connectivity index (χ4n) is 2.24. The third-order valence-electron chi connectivity index (χ3n) is 3.13. The number of carbonyl (C=O) groups is 2. The zero-order chi connectivity index (χ0) is 13.1. The number of benzene rings is 1. The van der Waals surface area contributed by atoms with Crippen molar-refractivity contribution in [1.82, 2.24) is 0 Å². The van der Waals surface area contributed by atoms with Gasteiger partial charge >= 0.3 is 5.97 Å². The van der Waals surface area contributed by atoms with Crippen LogP contribution >= 0.6 is 0 Å². The summed E-state index contributed by atoms with van der Waals surface area (Å²) in [5.74, 6) is 0.0411. The van der Waals surface area contributed by atoms with E-state index in [2.05, 4.69) is 0 Å². The molecular formula is C14H16O4. The second kappa shape index (κ2) is 5.21. The van der Waals surface area contributed by atoms with Crippen LogP contribution in [0.5, 0.6) is 5.75 Å². The van der Waals surface area contributed by atoms with E-state index >= 15 is 0 Å². The van der Waals surface area contributed by atoms with Crippen LogP contribution in [0.4, 0.5) is 0 Å². The summed E-state index contributed by atoms with van der Waals surface area (Å²) in [4.78, 5) is 23.7. The molecule has 2 rings (SSSR count). The summed E-state index contributed by atoms with van der Waals surface area (Å²) < 4.78 is 10.1. The van der Waals surface area contributed by atoms with Crippen molar-refractivity contribution >= 4 is 11.8 Å². The van der Waals surface area contributed by atoms with Crippen molar-refractivity contribution in [2.24, 2.45) is 5.92 Å². The molecule has 0 fully saturated rings. The van der Waals surface area contributed by atoms with Crippen LogP contribution in [0, 0.1) is 5.92 Å². The summed E-state index contributed by atoms with van der Waals surface area (Å²) in [6.45, 7) is 2.11. The second-order valence-corrected chi connectivity index (χ2v) is 4.30. The fourth-order valence-corrected chi connectivity index (χ4v) is 2.24. The summed E-state index contributed by atoms with van der Waals surface area (Å²) in [5, 5.41) is 0. The molecule has 1 aromatic rings. The first kappa shape index (κ1) is 12.6. The number of rotatable bonds is 3. The van der Waals surface area contributed by atoms with E-state index in [1.54, 1.807) is 26.2 Å². The van der Waals surface area contributed by atoms with E-state index in [4.69, 9.17) is 9.47 Å². The highest BCUT2D eigenvalue weighted by Gasteiger charge is 2.30. The molecule has 1 aliphatic rings. The van der Waals surface area contributed by atoms with Crippen LogP contribution < -0.4 is 4.74 Å². The van der Waals surface area contributed by atoms with E-state index in [-0.39, 0.29) is 24.1 Å². The van der Waals surface area contributed by atoms with Crippen LogP contribution in [0.2, 0.25) is 0 Å². The predicted octanol–water partition coefficient (Wildman–Crippen LogP) is 2.00. The molecular weight excluding hydrogens is 232 g/mol. The second-order valence-electron chi connectivity index (χ2n) is 4.30. The Morgan fingerprint density at radius 2 is 2.17 bits per heavy atom. The third kappa shape index (κ3) is 2.37. The molecule has 1 aromatic carbocycles. The number of ether oxygens (including phenoxy) is 2. The number of hydrogen-bond donors (Lipinski definition) is 0. The van der Waals surface area contributed by atoms with Gasteiger partial charge in [0.25, 0.3) is 0 Å². The Balaban J connectivity index is 2.26. The highest BCUT2D eigenvalue weighted by molar-refractivity contribution is 6.01. The Morgan fingerprint density at radius 3 is 2.83 bits per heavy atom. The highest BCUT2D eigenvalue weighted by atomic mass is 16.5. The quantitative estimate of drug-likeness (QED) is 0.768. The maximum Gasteiger partial charge on any atom is 0.309 e. The van der Waals surface area contributed by atoms with Crippen molar-refractivity contribution < 1.29 is 19.1 Å². The van der Waals surface area contributed by atoms with Gasteiger partial charge in [-0.15, -0.1) is 0 Å². The maximum absolute atomic E-state index is 12.0. The lowest BCUT2D eigenvalue weighted by atomic mass is 9.83. The van der Waals surface area contributed by atoms with Crippen LogP contribution in [0.15, 0.2) is 18.2 Å². The molecule has 1 aliphatic carbocycles. The molecule has 0 radical (unpaired) electrons. The first-order valence-electron chi connectivity index (χ1n) is 6.02. The van der Waals surface area contributed by atoms with E-state index in [0.29, 0.717) is 24.3 Å². The molecule has 4 nitrogen and oxygen atoms in total. The van der Waals surface area contributed by atoms with Gasteiger partial charge in [0.1, 0.15) is 5.75 Å². The van der Waals surface area contributed by atoms with Gasteiger partial charge in [0.15, 0.2) is 5.78 Å². The summed E-state index contributed by atoms with van der Waals surface area (Å²) in [6.07, 6.45) is 0.773. The van der Waals surface area contributed by atoms with Crippen molar-refractivity contribution in [2.45, 2.75) is 19.8 Å². The Morgan fingerprint density at radius 1 is 1.39 bits per heavy atom. The Hall–Kier alpha value is -1.84. The molecule has 0 aliphatic heterocycles. The lowest BCUT2D eigenvalue weighted by Gasteiger charge is -2.22. The largest absolute Gasteiger partial charge is 0.497 e. The number of fused-ring (bicyclic) bond motifs is 1. The molecule has 1 atom stereocenters. The molecule has 0 N–H and O–H groups in total. The van der Waals surface area contributed by atoms with E-state index < -0.39 is 0 Å². The van der Waals surface area contributed by atoms with Gasteiger partial charge in [-0.05, 0) is 37.1 Å². The SMILES string of the molecule is CCOC(=O)C1CC(=O)c2ccc(OC)cc2C1. The molecule has 18 heavy (non-hydrogen) atoms. The van der Waals surface area contributed by atoms with E-state index in [1.165, 1.54) is 0 Å². The molecule has 0 aromatic heterocycles. The van der Waals surface area contributed by atoms with Gasteiger partial charge < -0.3 is 9.47 Å². The van der Waals surface area contributed by atoms with E-state index in [0.717, 1.165) is 5.56 Å². The van der Waals surface area contributed by atoms with Gasteiger partial charge in [-0.2, -0.15) is 0 Å². The lowest BCUT2D eigenvalue weighted by molar-refractivity contribution is -0.148. The first-order valence-corrected chi connectivity index (χ1v) is 6.02. The summed E-state index contributed by atoms with van der Waals surface area (Å²) >= 11 is 0. The monoisotopic (exact) mass is 248 g/mol. The number of ketones is 1. The number of esters is 1. The van der Waals surface area contributed by atoms with Gasteiger partial charge in [0.05, 0.1) is 19.6 Å². The van der Waals surface area contributed by atoms with Crippen molar-refractivity contribution in [3.8, 4) is 5.75 Å². The smallest absolute Gasteiger partial charge is 0.309 e. The minimum atomic E-state index is -0.364. The summed E-state index contributed by atoms with van der Waals surface area (Å²) in [7, 11) is 1.58. The van der Waals surface area contributed by atoms with Gasteiger partial charge in [0.2, 0.25) is 0 Å². The zero-order valence-electron chi connectivity index (χ0n) is 10.6. The van der Waals surface area contributed by atoms with Crippen LogP contribution in [0.25, 0.3) is 0 Å². The Kier molecular flexibility index (Phi) is 3.65. The van der Waals surface area contributed by atoms with Gasteiger partial charge in [-0.3, -0.25) is 9.59 Å². The molecule has 0 spiro atoms. The molecule has 1 unspecified atom stereocenters. The zero-order valence-corrected chi connectivity index (χ0v) is 10.6. The Bertz CT molecular complexity index is 479. The standard InChI is InChI=1S/C14H16O4/c1-3-18-14(16)10-6-9-7-11(17-2)4-5-12(9)13(15)8-10/h4-5,7,10H,3,6,8H2,1-2H3. The molecule has 0 heterocycles. The highest BCUT2D eigenvalue weighted by Crippen LogP contribution is 2.29. The average molecular weight is 248 g/mol. The van der Waals surface area contributed by atoms with E-state index in [1.807, 2.05) is 6.07 Å². The van der Waals surface area contributed by atoms with Crippen LogP contribution in [-0.2, 0) is 16.0 Å². The van der Waals surface area contributed by atoms with Crippen LogP contribution in [-0.4, -0.2) is 25.5 Å². The normalized spacial score (nSPS) is 18.1. The minimum Gasteiger partial charge on any atom is -0.497 e. The number of carbonyl (C=O) groups excluding carboxylic acids is 2. The maximum atomic E-state index is 12.0. The molecule has 0 saturated carbocycles. The molecule has 96 valence electrons. The van der Waals surface area contributed by atoms with Crippen molar-refractivity contribution in [3.05, 3.63) is 29.3 Å². The van der Waals surface area contributed by atoms with Crippen molar-refractivity contribution in [1.29, 1.82) is 0 Å². The van der Waals surface area contributed by atoms with Crippen LogP contribution in [0.3, 0.4) is 0 Å². The number of hydrogen-bond acceptors (Lipinski definition) is 4. The number of Topliss-reactive ketones (excluding diaryl/α,β-unsaturated/α-hetero) is 1. The van der Waals surface area contributed by atoms with Crippen molar-refractivity contribution in [3.63, 3.8) is 0 Å². The predicted molar refractivity (Wildman–Crippen MR) is 65.8 cm³/mol. The third-order valence-corrected chi connectivity index (χ3v) is 3.13. The van der Waals surface area contributed by atoms with Crippen molar-refractivity contribution in [2.75, 3.05) is 13.7 Å². The topological polar surface area (TPSA) is 52.6 Å². The molecule has 4 heteroatoms. The Labute approximate surface area is 106 Å². The van der Waals surface area contributed by atoms with Gasteiger partial charge in [0, 0.05) is 12.0 Å². The van der Waals surface area contributed by atoms with Crippen LogP contribution in [0.1, 0.15) is 29.3 Å². The molecule has 0 bridgehead atoms. The van der Waals surface area contributed by atoms with Gasteiger partial charge in [-0.1, -0.05) is 0 Å². The van der Waals surface area contributed by atoms with E-state index in [9.17, 15) is 9.59 Å². The fraction of sp³-hybridized carbons (Fsp3) is 0.429. The molecule has 0 amide bonds. The summed E-state index contributed by atoms with van der Waals surface area (Å²) in [6, 6.07) is 5.35.